The summed E-state index contributed by atoms with van der Waals surface area (Å²) < 4.78 is 102. The number of hydrogen-bond acceptors (Lipinski definition) is 12. The van der Waals surface area contributed by atoms with Crippen LogP contribution in [0.4, 0.5) is 0 Å². The van der Waals surface area contributed by atoms with Crippen molar-refractivity contribution in [1.29, 1.82) is 0 Å². The molecule has 8 bridgehead atoms. The fourth-order valence-electron chi connectivity index (χ4n) is 6.03. The number of fused-ring (bicyclic) bond motifs is 20. The molecule has 0 saturated heterocycles. The summed E-state index contributed by atoms with van der Waals surface area (Å²) in [4.78, 5) is 35.6. The average Bonchev–Trinajstić information content (AvgIpc) is 3.82. The van der Waals surface area contributed by atoms with Crippen LogP contribution < -0.4 is 9.97 Å². The van der Waals surface area contributed by atoms with Crippen molar-refractivity contribution in [2.75, 3.05) is 0 Å². The summed E-state index contributed by atoms with van der Waals surface area (Å²) in [5.41, 5.74) is 1.10. The predicted octanol–water partition coefficient (Wildman–Crippen LogP) is 3.87. The minimum atomic E-state index is -4.69. The molecule has 0 aliphatic carbocycles. The van der Waals surface area contributed by atoms with Crippen LogP contribution in [0.1, 0.15) is 0 Å². The van der Waals surface area contributed by atoms with E-state index in [0.717, 1.165) is 18.2 Å². The third-order valence-electron chi connectivity index (χ3n) is 8.42. The summed E-state index contributed by atoms with van der Waals surface area (Å²) >= 11 is 0. The number of benzene rings is 4. The molecule has 0 atom stereocenters. The van der Waals surface area contributed by atoms with E-state index in [1.807, 2.05) is 0 Å². The maximum Gasteiger partial charge on any atom is 2.00 e. The fraction of sp³-hybridized carbons (Fsp3) is 0. The minimum absolute atomic E-state index is 0. The van der Waals surface area contributed by atoms with Crippen molar-refractivity contribution in [2.45, 2.75) is 14.7 Å². The van der Waals surface area contributed by atoms with Gasteiger partial charge in [0.1, 0.15) is 0 Å². The van der Waals surface area contributed by atoms with Gasteiger partial charge in [0, 0.05) is 44.8 Å². The molecule has 7 aromatic rings. The van der Waals surface area contributed by atoms with Crippen LogP contribution in [-0.2, 0) is 49.8 Å². The maximum atomic E-state index is 12.1. The van der Waals surface area contributed by atoms with E-state index >= 15 is 0 Å². The van der Waals surface area contributed by atoms with Gasteiger partial charge in [-0.05, 0) is 57.9 Å². The van der Waals surface area contributed by atoms with E-state index in [0.29, 0.717) is 16.3 Å². The Bertz CT molecular complexity index is 3260. The van der Waals surface area contributed by atoms with Crippen molar-refractivity contribution in [3.05, 3.63) is 78.9 Å². The topological polar surface area (TPSA) is 269 Å². The van der Waals surface area contributed by atoms with Crippen molar-refractivity contribution in [3.8, 4) is 45.6 Å². The second-order valence-corrected chi connectivity index (χ2v) is 15.8. The van der Waals surface area contributed by atoms with Crippen LogP contribution in [0.3, 0.4) is 0 Å². The molecule has 5 heterocycles. The normalized spacial score (nSPS) is 12.7. The first kappa shape index (κ1) is 34.7. The SMILES string of the molecule is O=S(=O)(O)c1ccc2c(c1)-c1nc-2nc2[n-]c(nc3nc(nc4[n-]c(n1)c1ccccc41)-c1ccc(S(=O)(=O)O)cc1-3)c1ccc(S(=O)(=O)O)cc21.[Zn+2]. The number of rotatable bonds is 3. The van der Waals surface area contributed by atoms with Gasteiger partial charge in [0.2, 0.25) is 0 Å². The maximum absolute atomic E-state index is 12.1. The summed E-state index contributed by atoms with van der Waals surface area (Å²) in [6.45, 7) is 0. The van der Waals surface area contributed by atoms with Gasteiger partial charge in [0.15, 0.2) is 0 Å². The second-order valence-electron chi connectivity index (χ2n) is 11.6. The molecule has 0 amide bonds. The zero-order valence-corrected chi connectivity index (χ0v) is 31.7. The standard InChI is InChI=1S/C32H16N8O9S3.Zn/c41-50(42,43)14-5-8-19-22(11-14)31-36-27(19)34-25-17-3-1-2-4-18(17)26(33-25)35-30-23-12-15(51(44,45)46)6-9-20(23)28(37-30)39-32-24-13-16(52(47,48)49)7-10-21(24)29(38-31)40-32;/h1-13H,(H3-2,33,34,35,36,37,38,39,40,41,42,43,44,45,46,47,48,49);/q-2;+2. The Morgan fingerprint density at radius 3 is 1.15 bits per heavy atom. The Kier molecular flexibility index (Phi) is 7.72. The van der Waals surface area contributed by atoms with Crippen molar-refractivity contribution in [3.63, 3.8) is 0 Å². The Morgan fingerprint density at radius 1 is 0.396 bits per heavy atom. The van der Waals surface area contributed by atoms with E-state index in [1.165, 1.54) is 36.4 Å². The molecule has 0 unspecified atom stereocenters. The molecule has 9 rings (SSSR count). The van der Waals surface area contributed by atoms with Crippen LogP contribution in [-0.4, -0.2) is 68.8 Å². The first-order valence-electron chi connectivity index (χ1n) is 14.8. The molecular formula is C32H16N8O9S3Zn. The molecule has 258 valence electrons. The van der Waals surface area contributed by atoms with Gasteiger partial charge < -0.3 is 29.9 Å². The van der Waals surface area contributed by atoms with Gasteiger partial charge in [-0.2, -0.15) is 25.3 Å². The quantitative estimate of drug-likeness (QED) is 0.169. The number of nitrogens with zero attached hydrogens (tertiary/aromatic N) is 8. The van der Waals surface area contributed by atoms with E-state index in [2.05, 4.69) is 34.9 Å². The Morgan fingerprint density at radius 2 is 0.736 bits per heavy atom. The molecule has 17 nitrogen and oxygen atoms in total. The van der Waals surface area contributed by atoms with E-state index in [1.54, 1.807) is 24.3 Å². The first-order valence-corrected chi connectivity index (χ1v) is 19.1. The Balaban J connectivity index is 0.00000400. The van der Waals surface area contributed by atoms with Crippen LogP contribution in [0.5, 0.6) is 0 Å². The van der Waals surface area contributed by atoms with Gasteiger partial charge in [0.05, 0.1) is 38.0 Å². The summed E-state index contributed by atoms with van der Waals surface area (Å²) in [7, 11) is -14.0. The van der Waals surface area contributed by atoms with Gasteiger partial charge in [-0.3, -0.25) is 13.7 Å². The molecule has 0 saturated carbocycles. The zero-order valence-electron chi connectivity index (χ0n) is 26.3. The molecule has 0 spiro atoms. The largest absolute Gasteiger partial charge is 2.00 e. The Hall–Kier alpha value is -5.41. The summed E-state index contributed by atoms with van der Waals surface area (Å²) in [6, 6.07) is 18.0. The van der Waals surface area contributed by atoms with Crippen molar-refractivity contribution < 1.29 is 58.4 Å². The predicted molar refractivity (Wildman–Crippen MR) is 183 cm³/mol. The zero-order chi connectivity index (χ0) is 36.3. The van der Waals surface area contributed by atoms with Crippen LogP contribution in [0, 0.1) is 0 Å². The third-order valence-corrected chi connectivity index (χ3v) is 11.0. The van der Waals surface area contributed by atoms with Gasteiger partial charge in [-0.15, -0.1) is 0 Å². The molecule has 0 fully saturated rings. The van der Waals surface area contributed by atoms with Crippen molar-refractivity contribution in [1.82, 2.24) is 39.9 Å². The van der Waals surface area contributed by atoms with E-state index in [9.17, 15) is 38.9 Å². The van der Waals surface area contributed by atoms with Crippen molar-refractivity contribution in [2.24, 2.45) is 0 Å². The van der Waals surface area contributed by atoms with Crippen LogP contribution in [0.15, 0.2) is 93.5 Å². The molecule has 4 aromatic carbocycles. The molecule has 53 heavy (non-hydrogen) atoms. The third kappa shape index (κ3) is 5.78. The van der Waals surface area contributed by atoms with Crippen molar-refractivity contribution >= 4 is 74.5 Å². The van der Waals surface area contributed by atoms with Gasteiger partial charge >= 0.3 is 19.5 Å². The summed E-state index contributed by atoms with van der Waals surface area (Å²) in [6.07, 6.45) is 0. The van der Waals surface area contributed by atoms with Crippen LogP contribution in [0.2, 0.25) is 0 Å². The fourth-order valence-corrected chi connectivity index (χ4v) is 7.55. The molecule has 3 N–H and O–H groups in total. The molecular weight excluding hydrogens is 802 g/mol. The van der Waals surface area contributed by atoms with E-state index in [4.69, 9.17) is 4.98 Å². The van der Waals surface area contributed by atoms with E-state index in [-0.39, 0.29) is 92.8 Å². The first-order chi connectivity index (χ1) is 24.6. The van der Waals surface area contributed by atoms with Gasteiger partial charge in [-0.25, -0.2) is 9.97 Å². The van der Waals surface area contributed by atoms with Gasteiger partial charge in [-0.1, -0.05) is 42.5 Å². The monoisotopic (exact) mass is 816 g/mol. The van der Waals surface area contributed by atoms with Crippen LogP contribution in [0.25, 0.3) is 89.7 Å². The Labute approximate surface area is 310 Å². The molecule has 0 radical (unpaired) electrons. The smallest absolute Gasteiger partial charge is 0.357 e. The van der Waals surface area contributed by atoms with E-state index < -0.39 is 45.0 Å². The molecule has 2 aliphatic rings. The molecule has 21 heteroatoms. The molecule has 3 aromatic heterocycles. The number of aromatic nitrogens is 8. The number of hydrogen-bond donors (Lipinski definition) is 3. The van der Waals surface area contributed by atoms with Gasteiger partial charge in [0.25, 0.3) is 30.4 Å². The summed E-state index contributed by atoms with van der Waals surface area (Å²) in [5, 5.41) is 1.44. The van der Waals surface area contributed by atoms with Crippen LogP contribution >= 0.6 is 0 Å². The minimum Gasteiger partial charge on any atom is -0.357 e. The average molecular weight is 818 g/mol. The molecule has 2 aliphatic heterocycles. The summed E-state index contributed by atoms with van der Waals surface area (Å²) in [5.74, 6) is -0.0427. The second kappa shape index (κ2) is 11.8.